The molecule has 2 unspecified atom stereocenters. The summed E-state index contributed by atoms with van der Waals surface area (Å²) in [5.74, 6) is -0.140. The number of ether oxygens (including phenoxy) is 4. The van der Waals surface area contributed by atoms with E-state index >= 15 is 0 Å². The standard InChI is InChI=1S/C19H19BrN2O4.C19H20N2O4.BHNS/c1-2-21-14-10-25-11-15(14)22-8-13(20)17(23)18(16(22)19(21)24)26-9-12-6-4-3-5-7-12;1-2-20-14-11-24-12-15(14)21-9-8-16(22)18(17(21)19(20)23)25-10-13-6-4-3-5-7-13;1-2-3/h3-8,14-15H,2,9-11H2,1H3;3-9,14-15H,2,10-12H2,1H3;3H/t2*14-,15?;/m00./s1. The van der Waals surface area contributed by atoms with Crippen LogP contribution in [-0.4, -0.2) is 90.0 Å². The predicted molar refractivity (Wildman–Crippen MR) is 209 cm³/mol. The number of halogens is 1. The van der Waals surface area contributed by atoms with Crippen LogP contribution in [0.2, 0.25) is 0 Å². The van der Waals surface area contributed by atoms with Crippen molar-refractivity contribution >= 4 is 48.2 Å². The first kappa shape index (κ1) is 39.2. The Bertz CT molecular complexity index is 2100. The molecule has 2 aromatic carbocycles. The molecule has 2 amide bonds. The number of benzene rings is 2. The number of aromatic nitrogens is 2. The summed E-state index contributed by atoms with van der Waals surface area (Å²) in [5.41, 5.74) is 1.93. The Morgan fingerprint density at radius 2 is 1.17 bits per heavy atom. The molecule has 0 saturated carbocycles. The quantitative estimate of drug-likeness (QED) is 0.201. The number of thiol groups is 1. The van der Waals surface area contributed by atoms with Crippen LogP contribution in [0.15, 0.2) is 97.5 Å². The van der Waals surface area contributed by atoms with Gasteiger partial charge in [-0.2, -0.15) is 0 Å². The third-order valence-corrected chi connectivity index (χ3v) is 10.4. The third kappa shape index (κ3) is 7.83. The Hall–Kier alpha value is -4.51. The van der Waals surface area contributed by atoms with E-state index in [1.807, 2.05) is 83.6 Å². The average molecular weight is 818 g/mol. The summed E-state index contributed by atoms with van der Waals surface area (Å²) in [4.78, 5) is 54.8. The van der Waals surface area contributed by atoms with Gasteiger partial charge in [-0.3, -0.25) is 19.2 Å². The Morgan fingerprint density at radius 3 is 1.67 bits per heavy atom. The monoisotopic (exact) mass is 816 g/mol. The van der Waals surface area contributed by atoms with E-state index in [4.69, 9.17) is 18.9 Å². The fourth-order valence-corrected chi connectivity index (χ4v) is 7.72. The maximum atomic E-state index is 13.1. The molecule has 2 aromatic heterocycles. The van der Waals surface area contributed by atoms with Crippen LogP contribution >= 0.6 is 28.7 Å². The van der Waals surface area contributed by atoms with Crippen molar-refractivity contribution in [3.8, 4) is 11.5 Å². The summed E-state index contributed by atoms with van der Waals surface area (Å²) in [6.07, 6.45) is 3.37. The molecular weight excluding hydrogens is 777 g/mol. The van der Waals surface area contributed by atoms with Crippen molar-refractivity contribution in [1.82, 2.24) is 18.9 Å². The van der Waals surface area contributed by atoms with Gasteiger partial charge in [-0.1, -0.05) is 60.7 Å². The van der Waals surface area contributed by atoms with Crippen LogP contribution in [0.3, 0.4) is 0 Å². The second-order valence-electron chi connectivity index (χ2n) is 12.8. The molecule has 13 nitrogen and oxygen atoms in total. The van der Waals surface area contributed by atoms with Gasteiger partial charge in [0, 0.05) is 31.5 Å². The molecule has 4 aliphatic rings. The molecule has 4 atom stereocenters. The van der Waals surface area contributed by atoms with Gasteiger partial charge in [-0.25, -0.2) is 0 Å². The van der Waals surface area contributed by atoms with Crippen molar-refractivity contribution in [2.45, 2.75) is 51.2 Å². The molecule has 1 radical (unpaired) electrons. The van der Waals surface area contributed by atoms with Crippen LogP contribution in [0, 0.1) is 0 Å². The Balaban J connectivity index is 0.000000172. The van der Waals surface area contributed by atoms with E-state index in [-0.39, 0.29) is 71.6 Å². The number of pyridine rings is 2. The first-order valence-corrected chi connectivity index (χ1v) is 18.8. The molecule has 2 saturated heterocycles. The van der Waals surface area contributed by atoms with Gasteiger partial charge in [0.05, 0.1) is 55.1 Å². The van der Waals surface area contributed by atoms with Crippen molar-refractivity contribution in [2.24, 2.45) is 4.30 Å². The van der Waals surface area contributed by atoms with Gasteiger partial charge < -0.3 is 37.9 Å². The minimum absolute atomic E-state index is 0.00877. The Kier molecular flexibility index (Phi) is 12.9. The number of hydrogen-bond acceptors (Lipinski definition) is 10. The maximum absolute atomic E-state index is 13.1. The third-order valence-electron chi connectivity index (χ3n) is 9.85. The van der Waals surface area contributed by atoms with Gasteiger partial charge in [-0.05, 0) is 40.9 Å². The zero-order chi connectivity index (χ0) is 38.4. The summed E-state index contributed by atoms with van der Waals surface area (Å²) in [5, 5.41) is 0. The molecule has 281 valence electrons. The minimum atomic E-state index is -0.311. The second kappa shape index (κ2) is 17.8. The zero-order valence-corrected chi connectivity index (χ0v) is 32.4. The second-order valence-corrected chi connectivity index (χ2v) is 13.9. The average Bonchev–Trinajstić information content (AvgIpc) is 3.88. The van der Waals surface area contributed by atoms with E-state index in [1.165, 1.54) is 6.07 Å². The summed E-state index contributed by atoms with van der Waals surface area (Å²) in [6, 6.07) is 20.6. The van der Waals surface area contributed by atoms with Gasteiger partial charge in [0.1, 0.15) is 13.2 Å². The van der Waals surface area contributed by atoms with Crippen LogP contribution in [0.5, 0.6) is 11.5 Å². The number of amides is 2. The van der Waals surface area contributed by atoms with Gasteiger partial charge in [0.25, 0.3) is 11.8 Å². The molecule has 16 heteroatoms. The van der Waals surface area contributed by atoms with E-state index in [2.05, 4.69) is 40.7 Å². The first-order chi connectivity index (χ1) is 26.2. The van der Waals surface area contributed by atoms with Crippen LogP contribution in [0.4, 0.5) is 0 Å². The van der Waals surface area contributed by atoms with Crippen LogP contribution in [-0.2, 0) is 22.7 Å². The molecule has 0 aliphatic carbocycles. The van der Waals surface area contributed by atoms with E-state index in [1.54, 1.807) is 22.2 Å². The van der Waals surface area contributed by atoms with Gasteiger partial charge in [-0.15, -0.1) is 0 Å². The number of carbonyl (C=O) groups excluding carboxylic acids is 2. The molecule has 4 aromatic rings. The van der Waals surface area contributed by atoms with E-state index in [0.29, 0.717) is 55.4 Å². The predicted octanol–water partition coefficient (Wildman–Crippen LogP) is 4.63. The molecule has 0 bridgehead atoms. The molecule has 0 N–H and O–H groups in total. The SMILES string of the molecule is CCN1C(=O)c2c(OCc3ccccc3)c(=O)c(Br)cn2C2COC[C@@H]21.CCN1C(=O)c2c(OCc3ccccc3)c(=O)ccn2C2COC[C@@H]21.[B]=NS. The van der Waals surface area contributed by atoms with Crippen molar-refractivity contribution in [3.05, 3.63) is 127 Å². The molecule has 0 spiro atoms. The molecule has 54 heavy (non-hydrogen) atoms. The normalized spacial score (nSPS) is 20.6. The van der Waals surface area contributed by atoms with Crippen LogP contribution < -0.4 is 20.3 Å². The molecule has 8 rings (SSSR count). The van der Waals surface area contributed by atoms with Gasteiger partial charge >= 0.3 is 24.8 Å². The molecular formula is C38H40BBrN5O8S. The number of nitrogens with zero attached hydrogens (tertiary/aromatic N) is 5. The van der Waals surface area contributed by atoms with Crippen LogP contribution in [0.25, 0.3) is 0 Å². The molecule has 2 fully saturated rings. The van der Waals surface area contributed by atoms with Crippen molar-refractivity contribution in [2.75, 3.05) is 39.5 Å². The fourth-order valence-electron chi connectivity index (χ4n) is 7.32. The Labute approximate surface area is 327 Å². The van der Waals surface area contributed by atoms with Crippen LogP contribution in [0.1, 0.15) is 58.0 Å². The van der Waals surface area contributed by atoms with E-state index in [0.717, 1.165) is 11.1 Å². The first-order valence-electron chi connectivity index (χ1n) is 17.6. The zero-order valence-electron chi connectivity index (χ0n) is 29.9. The van der Waals surface area contributed by atoms with Crippen molar-refractivity contribution in [1.29, 1.82) is 0 Å². The van der Waals surface area contributed by atoms with Gasteiger partial charge in [0.15, 0.2) is 22.9 Å². The fraction of sp³-hybridized carbons (Fsp3) is 0.368. The van der Waals surface area contributed by atoms with E-state index < -0.39 is 0 Å². The summed E-state index contributed by atoms with van der Waals surface area (Å²) in [6.45, 7) is 7.55. The summed E-state index contributed by atoms with van der Waals surface area (Å²) < 4.78 is 29.7. The van der Waals surface area contributed by atoms with E-state index in [9.17, 15) is 19.2 Å². The van der Waals surface area contributed by atoms with Gasteiger partial charge in [0.2, 0.25) is 10.9 Å². The molecule has 4 aliphatic heterocycles. The van der Waals surface area contributed by atoms with Crippen molar-refractivity contribution in [3.63, 3.8) is 0 Å². The topological polar surface area (TPSA) is 134 Å². The molecule has 6 heterocycles. The number of fused-ring (bicyclic) bond motifs is 6. The number of likely N-dealkylation sites (N-methyl/N-ethyl adjacent to an activating group) is 2. The number of carbonyl (C=O) groups is 2. The van der Waals surface area contributed by atoms with Crippen molar-refractivity contribution < 1.29 is 28.5 Å². The Morgan fingerprint density at radius 1 is 0.722 bits per heavy atom. The number of rotatable bonds is 8. The summed E-state index contributed by atoms with van der Waals surface area (Å²) >= 11 is 6.51. The number of hydrogen-bond donors (Lipinski definition) is 1. The summed E-state index contributed by atoms with van der Waals surface area (Å²) in [7, 11) is 4.34.